The first-order valence-electron chi connectivity index (χ1n) is 6.26. The number of hydrogen-bond donors (Lipinski definition) is 0. The molecule has 2 aromatic rings. The lowest BCUT2D eigenvalue weighted by Gasteiger charge is -2.26. The SMILES string of the molecule is Clc1cc(Cl)c2ncn(CN3CCCCC3)c2c1. The molecule has 1 fully saturated rings. The summed E-state index contributed by atoms with van der Waals surface area (Å²) in [7, 11) is 0. The lowest BCUT2D eigenvalue weighted by Crippen LogP contribution is -2.31. The number of imidazole rings is 1. The van der Waals surface area contributed by atoms with Gasteiger partial charge in [0.25, 0.3) is 0 Å². The van der Waals surface area contributed by atoms with E-state index in [4.69, 9.17) is 23.2 Å². The van der Waals surface area contributed by atoms with Gasteiger partial charge in [-0.25, -0.2) is 4.98 Å². The fourth-order valence-corrected chi connectivity index (χ4v) is 3.05. The van der Waals surface area contributed by atoms with Crippen LogP contribution in [0, 0.1) is 0 Å². The van der Waals surface area contributed by atoms with Crippen molar-refractivity contribution in [1.29, 1.82) is 0 Å². The third-order valence-corrected chi connectivity index (χ3v) is 3.95. The van der Waals surface area contributed by atoms with Crippen molar-refractivity contribution in [3.05, 3.63) is 28.5 Å². The Morgan fingerprint density at radius 3 is 2.67 bits per heavy atom. The molecule has 3 nitrogen and oxygen atoms in total. The molecule has 1 aliphatic rings. The molecule has 2 heterocycles. The van der Waals surface area contributed by atoms with Crippen LogP contribution in [-0.2, 0) is 6.67 Å². The van der Waals surface area contributed by atoms with E-state index in [9.17, 15) is 0 Å². The number of nitrogens with zero attached hydrogens (tertiary/aromatic N) is 3. The van der Waals surface area contributed by atoms with Crippen LogP contribution in [-0.4, -0.2) is 27.5 Å². The zero-order valence-corrected chi connectivity index (χ0v) is 11.6. The molecule has 0 N–H and O–H groups in total. The van der Waals surface area contributed by atoms with Crippen LogP contribution in [0.15, 0.2) is 18.5 Å². The van der Waals surface area contributed by atoms with Crippen molar-refractivity contribution >= 4 is 34.2 Å². The Bertz CT molecular complexity index is 559. The highest BCUT2D eigenvalue weighted by Crippen LogP contribution is 2.27. The molecule has 0 saturated carbocycles. The zero-order valence-electron chi connectivity index (χ0n) is 10.1. The molecule has 0 aliphatic carbocycles. The molecule has 0 spiro atoms. The Hall–Kier alpha value is -0.770. The van der Waals surface area contributed by atoms with E-state index in [-0.39, 0.29) is 0 Å². The maximum absolute atomic E-state index is 6.14. The summed E-state index contributed by atoms with van der Waals surface area (Å²) in [5, 5.41) is 1.28. The molecule has 3 rings (SSSR count). The minimum atomic E-state index is 0.620. The van der Waals surface area contributed by atoms with E-state index in [1.54, 1.807) is 6.07 Å². The minimum Gasteiger partial charge on any atom is -0.317 e. The highest BCUT2D eigenvalue weighted by Gasteiger charge is 2.13. The van der Waals surface area contributed by atoms with E-state index < -0.39 is 0 Å². The van der Waals surface area contributed by atoms with Crippen LogP contribution in [0.4, 0.5) is 0 Å². The van der Waals surface area contributed by atoms with Gasteiger partial charge in [0.2, 0.25) is 0 Å². The van der Waals surface area contributed by atoms with Crippen LogP contribution >= 0.6 is 23.2 Å². The van der Waals surface area contributed by atoms with Crippen molar-refractivity contribution < 1.29 is 0 Å². The van der Waals surface area contributed by atoms with Gasteiger partial charge < -0.3 is 4.57 Å². The second-order valence-corrected chi connectivity index (χ2v) is 5.63. The predicted octanol–water partition coefficient (Wildman–Crippen LogP) is 3.79. The first-order chi connectivity index (χ1) is 8.74. The molecule has 5 heteroatoms. The molecule has 0 amide bonds. The third kappa shape index (κ3) is 2.35. The molecule has 96 valence electrons. The number of rotatable bonds is 2. The van der Waals surface area contributed by atoms with Gasteiger partial charge in [0.05, 0.1) is 23.5 Å². The van der Waals surface area contributed by atoms with Crippen molar-refractivity contribution in [2.45, 2.75) is 25.9 Å². The van der Waals surface area contributed by atoms with Crippen LogP contribution in [0.3, 0.4) is 0 Å². The highest BCUT2D eigenvalue weighted by molar-refractivity contribution is 6.38. The van der Waals surface area contributed by atoms with E-state index in [2.05, 4.69) is 14.5 Å². The number of likely N-dealkylation sites (tertiary alicyclic amines) is 1. The molecule has 0 unspecified atom stereocenters. The van der Waals surface area contributed by atoms with Gasteiger partial charge in [-0.3, -0.25) is 4.90 Å². The molecule has 0 atom stereocenters. The van der Waals surface area contributed by atoms with Crippen LogP contribution in [0.25, 0.3) is 11.0 Å². The first kappa shape index (κ1) is 12.3. The number of benzene rings is 1. The summed E-state index contributed by atoms with van der Waals surface area (Å²) < 4.78 is 2.12. The lowest BCUT2D eigenvalue weighted by molar-refractivity contribution is 0.185. The van der Waals surface area contributed by atoms with Gasteiger partial charge in [-0.15, -0.1) is 0 Å². The van der Waals surface area contributed by atoms with Gasteiger partial charge in [-0.1, -0.05) is 29.6 Å². The second-order valence-electron chi connectivity index (χ2n) is 4.79. The number of fused-ring (bicyclic) bond motifs is 1. The van der Waals surface area contributed by atoms with E-state index in [0.717, 1.165) is 30.8 Å². The van der Waals surface area contributed by atoms with Gasteiger partial charge in [-0.2, -0.15) is 0 Å². The monoisotopic (exact) mass is 283 g/mol. The van der Waals surface area contributed by atoms with Crippen molar-refractivity contribution in [3.8, 4) is 0 Å². The third-order valence-electron chi connectivity index (χ3n) is 3.44. The van der Waals surface area contributed by atoms with Crippen LogP contribution in [0.1, 0.15) is 19.3 Å². The maximum Gasteiger partial charge on any atom is 0.107 e. The van der Waals surface area contributed by atoms with E-state index in [1.807, 2.05) is 12.4 Å². The average molecular weight is 284 g/mol. The summed E-state index contributed by atoms with van der Waals surface area (Å²) in [4.78, 5) is 6.81. The van der Waals surface area contributed by atoms with Crippen LogP contribution in [0.2, 0.25) is 10.0 Å². The van der Waals surface area contributed by atoms with E-state index >= 15 is 0 Å². The molecular formula is C13H15Cl2N3. The summed E-state index contributed by atoms with van der Waals surface area (Å²) in [6.07, 6.45) is 5.77. The number of piperidine rings is 1. The zero-order chi connectivity index (χ0) is 12.5. The Kier molecular flexibility index (Phi) is 3.46. The standard InChI is InChI=1S/C13H15Cl2N3/c14-10-6-11(15)13-12(7-10)18(8-16-13)9-17-4-2-1-3-5-17/h6-8H,1-5,9H2. The summed E-state index contributed by atoms with van der Waals surface area (Å²) in [6.45, 7) is 3.19. The van der Waals surface area contributed by atoms with Crippen molar-refractivity contribution in [2.24, 2.45) is 0 Å². The van der Waals surface area contributed by atoms with Gasteiger partial charge in [0.1, 0.15) is 5.52 Å². The first-order valence-corrected chi connectivity index (χ1v) is 7.02. The molecular weight excluding hydrogens is 269 g/mol. The molecule has 0 radical (unpaired) electrons. The Balaban J connectivity index is 1.92. The lowest BCUT2D eigenvalue weighted by atomic mass is 10.1. The number of halogens is 2. The van der Waals surface area contributed by atoms with E-state index in [0.29, 0.717) is 10.0 Å². The van der Waals surface area contributed by atoms with Crippen molar-refractivity contribution in [3.63, 3.8) is 0 Å². The van der Waals surface area contributed by atoms with Gasteiger partial charge in [0.15, 0.2) is 0 Å². The van der Waals surface area contributed by atoms with Crippen LogP contribution < -0.4 is 0 Å². The second kappa shape index (κ2) is 5.08. The van der Waals surface area contributed by atoms with E-state index in [1.165, 1.54) is 19.3 Å². The summed E-state index contributed by atoms with van der Waals surface area (Å²) >= 11 is 12.2. The molecule has 1 saturated heterocycles. The quantitative estimate of drug-likeness (QED) is 0.836. The van der Waals surface area contributed by atoms with Gasteiger partial charge in [-0.05, 0) is 38.1 Å². The largest absolute Gasteiger partial charge is 0.317 e. The molecule has 1 aromatic carbocycles. The Morgan fingerprint density at radius 1 is 1.11 bits per heavy atom. The minimum absolute atomic E-state index is 0.620. The predicted molar refractivity (Wildman–Crippen MR) is 75.2 cm³/mol. The van der Waals surface area contributed by atoms with Gasteiger partial charge >= 0.3 is 0 Å². The molecule has 1 aromatic heterocycles. The highest BCUT2D eigenvalue weighted by atomic mass is 35.5. The normalized spacial score (nSPS) is 17.4. The number of aromatic nitrogens is 2. The fraction of sp³-hybridized carbons (Fsp3) is 0.462. The summed E-state index contributed by atoms with van der Waals surface area (Å²) in [5.41, 5.74) is 1.84. The fourth-order valence-electron chi connectivity index (χ4n) is 2.52. The molecule has 18 heavy (non-hydrogen) atoms. The smallest absolute Gasteiger partial charge is 0.107 e. The molecule has 0 bridgehead atoms. The average Bonchev–Trinajstić information content (AvgIpc) is 2.74. The maximum atomic E-state index is 6.14. The van der Waals surface area contributed by atoms with Gasteiger partial charge in [0, 0.05) is 5.02 Å². The Morgan fingerprint density at radius 2 is 1.89 bits per heavy atom. The topological polar surface area (TPSA) is 21.1 Å². The van der Waals surface area contributed by atoms with Crippen molar-refractivity contribution in [2.75, 3.05) is 13.1 Å². The van der Waals surface area contributed by atoms with Crippen LogP contribution in [0.5, 0.6) is 0 Å². The molecule has 1 aliphatic heterocycles. The summed E-state index contributed by atoms with van der Waals surface area (Å²) in [6, 6.07) is 3.67. The Labute approximate surface area is 116 Å². The van der Waals surface area contributed by atoms with Crippen molar-refractivity contribution in [1.82, 2.24) is 14.5 Å². The number of hydrogen-bond acceptors (Lipinski definition) is 2. The summed E-state index contributed by atoms with van der Waals surface area (Å²) in [5.74, 6) is 0.